The second-order valence-corrected chi connectivity index (χ2v) is 4.03. The minimum absolute atomic E-state index is 0.676. The Kier molecular flexibility index (Phi) is 4.45. The molecule has 0 nitrogen and oxygen atoms in total. The summed E-state index contributed by atoms with van der Waals surface area (Å²) < 4.78 is 0. The van der Waals surface area contributed by atoms with Gasteiger partial charge in [-0.1, -0.05) is 42.8 Å². The van der Waals surface area contributed by atoms with Gasteiger partial charge in [-0.3, -0.25) is 0 Å². The van der Waals surface area contributed by atoms with Crippen LogP contribution in [0.15, 0.2) is 36.9 Å². The van der Waals surface area contributed by atoms with E-state index in [1.807, 2.05) is 6.08 Å². The lowest BCUT2D eigenvalue weighted by molar-refractivity contribution is 0.640. The Morgan fingerprint density at radius 1 is 1.29 bits per heavy atom. The van der Waals surface area contributed by atoms with Gasteiger partial charge in [-0.15, -0.1) is 6.58 Å². The number of unbranched alkanes of at least 4 members (excludes halogenated alkanes) is 1. The molecule has 0 saturated heterocycles. The third-order valence-electron chi connectivity index (χ3n) is 2.69. The van der Waals surface area contributed by atoms with E-state index >= 15 is 0 Å². The molecule has 0 radical (unpaired) electrons. The molecule has 0 heteroatoms. The number of aryl methyl sites for hydroxylation is 1. The summed E-state index contributed by atoms with van der Waals surface area (Å²) in [7, 11) is 0. The molecule has 0 aliphatic heterocycles. The topological polar surface area (TPSA) is 0 Å². The summed E-state index contributed by atoms with van der Waals surface area (Å²) in [4.78, 5) is 0. The Morgan fingerprint density at radius 2 is 1.93 bits per heavy atom. The van der Waals surface area contributed by atoms with Crippen molar-refractivity contribution in [2.75, 3.05) is 0 Å². The summed E-state index contributed by atoms with van der Waals surface area (Å²) in [6.45, 7) is 8.17. The molecule has 0 aromatic heterocycles. The van der Waals surface area contributed by atoms with E-state index in [0.717, 1.165) is 6.42 Å². The van der Waals surface area contributed by atoms with Crippen molar-refractivity contribution < 1.29 is 0 Å². The van der Waals surface area contributed by atoms with Crippen LogP contribution in [0.1, 0.15) is 43.2 Å². The average molecular weight is 188 g/mol. The molecule has 0 heterocycles. The SMILES string of the molecule is C=CCCCC(C)c1ccc(C)cc1. The van der Waals surface area contributed by atoms with E-state index in [1.54, 1.807) is 0 Å². The Bertz CT molecular complexity index is 269. The third-order valence-corrected chi connectivity index (χ3v) is 2.69. The molecule has 0 aliphatic rings. The maximum atomic E-state index is 3.74. The Labute approximate surface area is 87.7 Å². The van der Waals surface area contributed by atoms with Crippen LogP contribution in [-0.4, -0.2) is 0 Å². The van der Waals surface area contributed by atoms with Gasteiger partial charge in [-0.05, 0) is 37.7 Å². The van der Waals surface area contributed by atoms with Gasteiger partial charge >= 0.3 is 0 Å². The molecule has 0 N–H and O–H groups in total. The van der Waals surface area contributed by atoms with Crippen LogP contribution in [0.3, 0.4) is 0 Å². The summed E-state index contributed by atoms with van der Waals surface area (Å²) in [5.74, 6) is 0.676. The minimum Gasteiger partial charge on any atom is -0.103 e. The van der Waals surface area contributed by atoms with Gasteiger partial charge in [-0.2, -0.15) is 0 Å². The second kappa shape index (κ2) is 5.64. The van der Waals surface area contributed by atoms with Crippen LogP contribution in [-0.2, 0) is 0 Å². The third kappa shape index (κ3) is 3.37. The van der Waals surface area contributed by atoms with Crippen LogP contribution in [0.2, 0.25) is 0 Å². The van der Waals surface area contributed by atoms with Gasteiger partial charge in [-0.25, -0.2) is 0 Å². The fourth-order valence-electron chi connectivity index (χ4n) is 1.63. The lowest BCUT2D eigenvalue weighted by Gasteiger charge is -2.11. The maximum absolute atomic E-state index is 3.74. The van der Waals surface area contributed by atoms with Crippen molar-refractivity contribution in [1.82, 2.24) is 0 Å². The first kappa shape index (κ1) is 11.0. The molecule has 0 amide bonds. The zero-order valence-corrected chi connectivity index (χ0v) is 9.29. The molecule has 0 fully saturated rings. The van der Waals surface area contributed by atoms with Crippen molar-refractivity contribution in [2.24, 2.45) is 0 Å². The highest BCUT2D eigenvalue weighted by atomic mass is 14.1. The van der Waals surface area contributed by atoms with Crippen molar-refractivity contribution in [3.63, 3.8) is 0 Å². The van der Waals surface area contributed by atoms with Crippen molar-refractivity contribution >= 4 is 0 Å². The summed E-state index contributed by atoms with van der Waals surface area (Å²) in [5, 5.41) is 0. The quantitative estimate of drug-likeness (QED) is 0.473. The first-order valence-corrected chi connectivity index (χ1v) is 5.41. The Balaban J connectivity index is 2.47. The van der Waals surface area contributed by atoms with Crippen molar-refractivity contribution in [3.8, 4) is 0 Å². The fraction of sp³-hybridized carbons (Fsp3) is 0.429. The number of rotatable bonds is 5. The van der Waals surface area contributed by atoms with Crippen molar-refractivity contribution in [3.05, 3.63) is 48.0 Å². The minimum atomic E-state index is 0.676. The highest BCUT2D eigenvalue weighted by Gasteiger charge is 2.03. The van der Waals surface area contributed by atoms with Crippen LogP contribution in [0.25, 0.3) is 0 Å². The molecular weight excluding hydrogens is 168 g/mol. The van der Waals surface area contributed by atoms with Gasteiger partial charge in [0.2, 0.25) is 0 Å². The molecule has 14 heavy (non-hydrogen) atoms. The van der Waals surface area contributed by atoms with E-state index in [4.69, 9.17) is 0 Å². The van der Waals surface area contributed by atoms with Crippen LogP contribution < -0.4 is 0 Å². The molecule has 0 aliphatic carbocycles. The highest BCUT2D eigenvalue weighted by Crippen LogP contribution is 2.21. The molecule has 0 saturated carbocycles. The zero-order chi connectivity index (χ0) is 10.4. The first-order valence-electron chi connectivity index (χ1n) is 5.41. The molecule has 1 unspecified atom stereocenters. The summed E-state index contributed by atoms with van der Waals surface area (Å²) in [5.41, 5.74) is 2.80. The zero-order valence-electron chi connectivity index (χ0n) is 9.29. The van der Waals surface area contributed by atoms with Crippen molar-refractivity contribution in [1.29, 1.82) is 0 Å². The monoisotopic (exact) mass is 188 g/mol. The van der Waals surface area contributed by atoms with E-state index in [2.05, 4.69) is 44.7 Å². The summed E-state index contributed by atoms with van der Waals surface area (Å²) in [6, 6.07) is 8.88. The molecule has 0 bridgehead atoms. The lowest BCUT2D eigenvalue weighted by atomic mass is 9.95. The van der Waals surface area contributed by atoms with E-state index in [1.165, 1.54) is 24.0 Å². The number of benzene rings is 1. The summed E-state index contributed by atoms with van der Waals surface area (Å²) in [6.07, 6.45) is 5.64. The van der Waals surface area contributed by atoms with Gasteiger partial charge in [0.25, 0.3) is 0 Å². The van der Waals surface area contributed by atoms with Gasteiger partial charge < -0.3 is 0 Å². The first-order chi connectivity index (χ1) is 6.74. The maximum Gasteiger partial charge on any atom is -0.0190 e. The number of hydrogen-bond acceptors (Lipinski definition) is 0. The fourth-order valence-corrected chi connectivity index (χ4v) is 1.63. The predicted molar refractivity (Wildman–Crippen MR) is 63.6 cm³/mol. The molecule has 1 rings (SSSR count). The van der Waals surface area contributed by atoms with E-state index in [-0.39, 0.29) is 0 Å². The lowest BCUT2D eigenvalue weighted by Crippen LogP contribution is -1.93. The number of allylic oxidation sites excluding steroid dienone is 1. The van der Waals surface area contributed by atoms with Crippen LogP contribution in [0, 0.1) is 6.92 Å². The standard InChI is InChI=1S/C14H20/c1-4-5-6-7-13(3)14-10-8-12(2)9-11-14/h4,8-11,13H,1,5-7H2,2-3H3. The average Bonchev–Trinajstić information content (AvgIpc) is 2.19. The van der Waals surface area contributed by atoms with Gasteiger partial charge in [0.15, 0.2) is 0 Å². The number of hydrogen-bond donors (Lipinski definition) is 0. The summed E-state index contributed by atoms with van der Waals surface area (Å²) >= 11 is 0. The van der Waals surface area contributed by atoms with E-state index in [0.29, 0.717) is 5.92 Å². The molecule has 1 atom stereocenters. The Morgan fingerprint density at radius 3 is 2.50 bits per heavy atom. The van der Waals surface area contributed by atoms with Gasteiger partial charge in [0, 0.05) is 0 Å². The molecule has 0 spiro atoms. The molecule has 1 aromatic rings. The second-order valence-electron chi connectivity index (χ2n) is 4.03. The smallest absolute Gasteiger partial charge is 0.0190 e. The van der Waals surface area contributed by atoms with Crippen molar-refractivity contribution in [2.45, 2.75) is 39.0 Å². The molecular formula is C14H20. The molecule has 1 aromatic carbocycles. The normalized spacial score (nSPS) is 12.4. The van der Waals surface area contributed by atoms with E-state index in [9.17, 15) is 0 Å². The molecule has 76 valence electrons. The van der Waals surface area contributed by atoms with E-state index < -0.39 is 0 Å². The largest absolute Gasteiger partial charge is 0.103 e. The predicted octanol–water partition coefficient (Wildman–Crippen LogP) is 4.45. The van der Waals surface area contributed by atoms with Gasteiger partial charge in [0.05, 0.1) is 0 Å². The van der Waals surface area contributed by atoms with Crippen LogP contribution in [0.5, 0.6) is 0 Å². The van der Waals surface area contributed by atoms with Gasteiger partial charge in [0.1, 0.15) is 0 Å². The highest BCUT2D eigenvalue weighted by molar-refractivity contribution is 5.23. The van der Waals surface area contributed by atoms with Crippen LogP contribution in [0.4, 0.5) is 0 Å². The van der Waals surface area contributed by atoms with Crippen LogP contribution >= 0.6 is 0 Å². The Hall–Kier alpha value is -1.04.